The van der Waals surface area contributed by atoms with Crippen LogP contribution in [0.4, 0.5) is 15.8 Å². The molecule has 94 valence electrons. The second kappa shape index (κ2) is 5.58. The third-order valence-corrected chi connectivity index (χ3v) is 2.50. The van der Waals surface area contributed by atoms with Gasteiger partial charge in [-0.1, -0.05) is 13.8 Å². The van der Waals surface area contributed by atoms with Gasteiger partial charge in [0, 0.05) is 0 Å². The molecule has 1 rings (SSSR count). The lowest BCUT2D eigenvalue weighted by molar-refractivity contribution is -0.384. The van der Waals surface area contributed by atoms with E-state index >= 15 is 0 Å². The fourth-order valence-corrected chi connectivity index (χ4v) is 1.40. The van der Waals surface area contributed by atoms with Crippen molar-refractivity contribution in [1.29, 1.82) is 0 Å². The number of hydrogen-bond donors (Lipinski definition) is 2. The number of nitro groups is 1. The average molecular weight is 242 g/mol. The lowest BCUT2D eigenvalue weighted by Gasteiger charge is -2.20. The smallest absolute Gasteiger partial charge is 0.295 e. The van der Waals surface area contributed by atoms with Gasteiger partial charge in [-0.3, -0.25) is 10.1 Å². The van der Waals surface area contributed by atoms with Crippen LogP contribution in [-0.4, -0.2) is 22.7 Å². The Labute approximate surface area is 98.4 Å². The molecule has 0 saturated heterocycles. The van der Waals surface area contributed by atoms with E-state index in [1.54, 1.807) is 0 Å². The zero-order valence-electron chi connectivity index (χ0n) is 9.68. The number of benzene rings is 1. The van der Waals surface area contributed by atoms with E-state index in [1.165, 1.54) is 6.07 Å². The number of halogens is 1. The van der Waals surface area contributed by atoms with Crippen molar-refractivity contribution in [3.05, 3.63) is 34.1 Å². The molecule has 17 heavy (non-hydrogen) atoms. The zero-order valence-corrected chi connectivity index (χ0v) is 9.68. The minimum Gasteiger partial charge on any atom is -0.394 e. The standard InChI is InChI=1S/C11H15FN2O3/c1-7(2)10(6-15)13-9-4-3-8(12)5-11(9)14(16)17/h3-5,7,10,13,15H,6H2,1-2H3/t10-/m1/s1. The molecule has 0 fully saturated rings. The molecule has 5 nitrogen and oxygen atoms in total. The molecule has 6 heteroatoms. The molecule has 0 saturated carbocycles. The van der Waals surface area contributed by atoms with E-state index in [4.69, 9.17) is 5.11 Å². The highest BCUT2D eigenvalue weighted by molar-refractivity contribution is 5.61. The van der Waals surface area contributed by atoms with Crippen LogP contribution in [0.15, 0.2) is 18.2 Å². The number of anilines is 1. The number of aliphatic hydroxyl groups is 1. The molecule has 0 radical (unpaired) electrons. The maximum absolute atomic E-state index is 12.9. The predicted molar refractivity (Wildman–Crippen MR) is 62.4 cm³/mol. The number of nitro benzene ring substituents is 1. The third kappa shape index (κ3) is 3.39. The Morgan fingerprint density at radius 2 is 2.18 bits per heavy atom. The summed E-state index contributed by atoms with van der Waals surface area (Å²) in [6.07, 6.45) is 0. The third-order valence-electron chi connectivity index (χ3n) is 2.50. The molecule has 0 bridgehead atoms. The number of nitrogens with one attached hydrogen (secondary N) is 1. The largest absolute Gasteiger partial charge is 0.394 e. The first-order chi connectivity index (χ1) is 7.95. The Balaban J connectivity index is 3.01. The van der Waals surface area contributed by atoms with Crippen LogP contribution in [0.5, 0.6) is 0 Å². The van der Waals surface area contributed by atoms with Crippen LogP contribution in [-0.2, 0) is 0 Å². The van der Waals surface area contributed by atoms with E-state index < -0.39 is 10.7 Å². The quantitative estimate of drug-likeness (QED) is 0.612. The highest BCUT2D eigenvalue weighted by Crippen LogP contribution is 2.26. The van der Waals surface area contributed by atoms with Crippen molar-refractivity contribution in [2.45, 2.75) is 19.9 Å². The minimum atomic E-state index is -0.660. The number of aliphatic hydroxyl groups excluding tert-OH is 1. The van der Waals surface area contributed by atoms with Crippen LogP contribution in [0.25, 0.3) is 0 Å². The van der Waals surface area contributed by atoms with Crippen LogP contribution < -0.4 is 5.32 Å². The molecule has 0 aliphatic carbocycles. The summed E-state index contributed by atoms with van der Waals surface area (Å²) in [5.41, 5.74) is -0.117. The van der Waals surface area contributed by atoms with Crippen molar-refractivity contribution >= 4 is 11.4 Å². The predicted octanol–water partition coefficient (Wildman–Crippen LogP) is 2.16. The molecule has 0 heterocycles. The van der Waals surface area contributed by atoms with Crippen LogP contribution >= 0.6 is 0 Å². The van der Waals surface area contributed by atoms with Crippen LogP contribution in [0.2, 0.25) is 0 Å². The van der Waals surface area contributed by atoms with Gasteiger partial charge >= 0.3 is 0 Å². The highest BCUT2D eigenvalue weighted by Gasteiger charge is 2.19. The molecule has 0 spiro atoms. The molecular weight excluding hydrogens is 227 g/mol. The summed E-state index contributed by atoms with van der Waals surface area (Å²) in [7, 11) is 0. The van der Waals surface area contributed by atoms with Gasteiger partial charge in [0.2, 0.25) is 0 Å². The summed E-state index contributed by atoms with van der Waals surface area (Å²) in [6, 6.07) is 3.00. The van der Waals surface area contributed by atoms with Gasteiger partial charge in [-0.25, -0.2) is 4.39 Å². The van der Waals surface area contributed by atoms with E-state index in [1.807, 2.05) is 13.8 Å². The monoisotopic (exact) mass is 242 g/mol. The van der Waals surface area contributed by atoms with E-state index in [9.17, 15) is 14.5 Å². The lowest BCUT2D eigenvalue weighted by atomic mass is 10.0. The molecular formula is C11H15FN2O3. The van der Waals surface area contributed by atoms with Gasteiger partial charge in [0.15, 0.2) is 0 Å². The van der Waals surface area contributed by atoms with Gasteiger partial charge in [-0.15, -0.1) is 0 Å². The Bertz CT molecular complexity index is 410. The molecule has 2 N–H and O–H groups in total. The fraction of sp³-hybridized carbons (Fsp3) is 0.455. The van der Waals surface area contributed by atoms with Gasteiger partial charge in [0.25, 0.3) is 5.69 Å². The number of hydrogen-bond acceptors (Lipinski definition) is 4. The van der Waals surface area contributed by atoms with Gasteiger partial charge in [-0.2, -0.15) is 0 Å². The molecule has 1 aromatic rings. The number of rotatable bonds is 5. The lowest BCUT2D eigenvalue weighted by Crippen LogP contribution is -2.29. The SMILES string of the molecule is CC(C)[C@@H](CO)Nc1ccc(F)cc1[N+](=O)[O-]. The molecule has 0 amide bonds. The molecule has 0 unspecified atom stereocenters. The maximum Gasteiger partial charge on any atom is 0.295 e. The summed E-state index contributed by atoms with van der Waals surface area (Å²) in [4.78, 5) is 10.1. The van der Waals surface area contributed by atoms with E-state index in [0.717, 1.165) is 12.1 Å². The van der Waals surface area contributed by atoms with Gasteiger partial charge in [0.05, 0.1) is 23.6 Å². The second-order valence-corrected chi connectivity index (χ2v) is 4.10. The van der Waals surface area contributed by atoms with E-state index in [0.29, 0.717) is 0 Å². The summed E-state index contributed by atoms with van der Waals surface area (Å²) in [5.74, 6) is -0.558. The van der Waals surface area contributed by atoms with Crippen LogP contribution in [0, 0.1) is 21.8 Å². The Hall–Kier alpha value is -1.69. The Morgan fingerprint density at radius 3 is 2.65 bits per heavy atom. The summed E-state index contributed by atoms with van der Waals surface area (Å²) in [5, 5.41) is 22.7. The van der Waals surface area contributed by atoms with Crippen LogP contribution in [0.3, 0.4) is 0 Å². The topological polar surface area (TPSA) is 75.4 Å². The molecule has 1 aromatic carbocycles. The van der Waals surface area contributed by atoms with Crippen molar-refractivity contribution in [3.63, 3.8) is 0 Å². The summed E-state index contributed by atoms with van der Waals surface area (Å²) >= 11 is 0. The van der Waals surface area contributed by atoms with Crippen molar-refractivity contribution in [2.24, 2.45) is 5.92 Å². The first-order valence-electron chi connectivity index (χ1n) is 5.27. The first-order valence-corrected chi connectivity index (χ1v) is 5.27. The van der Waals surface area contributed by atoms with E-state index in [2.05, 4.69) is 5.32 Å². The van der Waals surface area contributed by atoms with Crippen molar-refractivity contribution in [3.8, 4) is 0 Å². The average Bonchev–Trinajstić information content (AvgIpc) is 2.26. The molecule has 0 aliphatic rings. The van der Waals surface area contributed by atoms with Gasteiger partial charge in [-0.05, 0) is 18.1 Å². The van der Waals surface area contributed by atoms with Gasteiger partial charge < -0.3 is 10.4 Å². The first kappa shape index (κ1) is 13.4. The normalized spacial score (nSPS) is 12.5. The van der Waals surface area contributed by atoms with Crippen molar-refractivity contribution in [2.75, 3.05) is 11.9 Å². The molecule has 0 aromatic heterocycles. The van der Waals surface area contributed by atoms with Crippen molar-refractivity contribution < 1.29 is 14.4 Å². The zero-order chi connectivity index (χ0) is 13.0. The molecule has 0 aliphatic heterocycles. The highest BCUT2D eigenvalue weighted by atomic mass is 19.1. The van der Waals surface area contributed by atoms with Crippen molar-refractivity contribution in [1.82, 2.24) is 0 Å². The second-order valence-electron chi connectivity index (χ2n) is 4.10. The fourth-order valence-electron chi connectivity index (χ4n) is 1.40. The Kier molecular flexibility index (Phi) is 4.39. The number of nitrogens with zero attached hydrogens (tertiary/aromatic N) is 1. The molecule has 1 atom stereocenters. The summed E-state index contributed by atoms with van der Waals surface area (Å²) < 4.78 is 12.9. The maximum atomic E-state index is 12.9. The summed E-state index contributed by atoms with van der Waals surface area (Å²) in [6.45, 7) is 3.61. The van der Waals surface area contributed by atoms with Crippen LogP contribution in [0.1, 0.15) is 13.8 Å². The minimum absolute atomic E-state index is 0.102. The Morgan fingerprint density at radius 1 is 1.53 bits per heavy atom. The van der Waals surface area contributed by atoms with E-state index in [-0.39, 0.29) is 29.9 Å². The van der Waals surface area contributed by atoms with Gasteiger partial charge in [0.1, 0.15) is 11.5 Å².